The van der Waals surface area contributed by atoms with Gasteiger partial charge in [-0.25, -0.2) is 9.97 Å². The van der Waals surface area contributed by atoms with Gasteiger partial charge < -0.3 is 14.5 Å². The zero-order valence-electron chi connectivity index (χ0n) is 17.6. The second-order valence-electron chi connectivity index (χ2n) is 7.71. The first kappa shape index (κ1) is 21.4. The highest BCUT2D eigenvalue weighted by Gasteiger charge is 2.24. The fourth-order valence-corrected chi connectivity index (χ4v) is 3.89. The Hall–Kier alpha value is -2.34. The number of ether oxygens (including phenoxy) is 1. The molecule has 1 saturated heterocycles. The van der Waals surface area contributed by atoms with E-state index in [2.05, 4.69) is 30.7 Å². The molecule has 2 heterocycles. The molecule has 1 fully saturated rings. The van der Waals surface area contributed by atoms with Crippen LogP contribution in [0.15, 0.2) is 24.3 Å². The highest BCUT2D eigenvalue weighted by Crippen LogP contribution is 2.29. The lowest BCUT2D eigenvalue weighted by Crippen LogP contribution is -2.38. The van der Waals surface area contributed by atoms with Crippen LogP contribution >= 0.6 is 11.6 Å². The third-order valence-corrected chi connectivity index (χ3v) is 5.38. The maximum absolute atomic E-state index is 12.6. The fourth-order valence-electron chi connectivity index (χ4n) is 3.77. The molecule has 0 saturated carbocycles. The summed E-state index contributed by atoms with van der Waals surface area (Å²) in [6.07, 6.45) is 0.895. The highest BCUT2D eigenvalue weighted by atomic mass is 35.5. The Balaban J connectivity index is 1.64. The number of hydrogen-bond acceptors (Lipinski definition) is 5. The first-order chi connectivity index (χ1) is 13.8. The lowest BCUT2D eigenvalue weighted by molar-refractivity contribution is -0.133. The van der Waals surface area contributed by atoms with E-state index in [1.165, 1.54) is 5.56 Å². The van der Waals surface area contributed by atoms with Gasteiger partial charge in [0.2, 0.25) is 0 Å². The number of aryl methyl sites for hydroxylation is 2. The van der Waals surface area contributed by atoms with Crippen molar-refractivity contribution in [3.63, 3.8) is 0 Å². The van der Waals surface area contributed by atoms with Gasteiger partial charge in [0.05, 0.1) is 0 Å². The van der Waals surface area contributed by atoms with E-state index in [-0.39, 0.29) is 12.5 Å². The standard InChI is InChI=1S/C22H29ClN4O2/c1-15(2)21-16(3)24-17(4)25-22(21)27-11-5-10-26(12-13-27)20(28)14-29-19-8-6-18(23)7-9-19/h6-9,15H,5,10-14H2,1-4H3. The molecule has 7 heteroatoms. The molecule has 0 N–H and O–H groups in total. The van der Waals surface area contributed by atoms with Crippen LogP contribution in [-0.4, -0.2) is 53.6 Å². The third kappa shape index (κ3) is 5.38. The summed E-state index contributed by atoms with van der Waals surface area (Å²) in [5, 5.41) is 0.646. The summed E-state index contributed by atoms with van der Waals surface area (Å²) in [6.45, 7) is 11.4. The van der Waals surface area contributed by atoms with Gasteiger partial charge in [-0.2, -0.15) is 0 Å². The summed E-state index contributed by atoms with van der Waals surface area (Å²) in [7, 11) is 0. The van der Waals surface area contributed by atoms with Gasteiger partial charge in [0.1, 0.15) is 17.4 Å². The smallest absolute Gasteiger partial charge is 0.260 e. The summed E-state index contributed by atoms with van der Waals surface area (Å²) in [5.41, 5.74) is 2.23. The van der Waals surface area contributed by atoms with Gasteiger partial charge in [0.15, 0.2) is 6.61 Å². The summed E-state index contributed by atoms with van der Waals surface area (Å²) < 4.78 is 5.63. The first-order valence-electron chi connectivity index (χ1n) is 10.1. The van der Waals surface area contributed by atoms with Crippen LogP contribution in [0.3, 0.4) is 0 Å². The highest BCUT2D eigenvalue weighted by molar-refractivity contribution is 6.30. The van der Waals surface area contributed by atoms with Crippen LogP contribution < -0.4 is 9.64 Å². The molecule has 0 bridgehead atoms. The van der Waals surface area contributed by atoms with Crippen LogP contribution in [0, 0.1) is 13.8 Å². The van der Waals surface area contributed by atoms with Gasteiger partial charge in [0, 0.05) is 42.5 Å². The average Bonchev–Trinajstić information content (AvgIpc) is 2.92. The van der Waals surface area contributed by atoms with Gasteiger partial charge >= 0.3 is 0 Å². The Kier molecular flexibility index (Phi) is 6.96. The number of anilines is 1. The van der Waals surface area contributed by atoms with Crippen LogP contribution in [0.25, 0.3) is 0 Å². The Morgan fingerprint density at radius 3 is 2.52 bits per heavy atom. The van der Waals surface area contributed by atoms with Crippen molar-refractivity contribution in [2.24, 2.45) is 0 Å². The molecule has 0 atom stereocenters. The van der Waals surface area contributed by atoms with Crippen LogP contribution in [0.5, 0.6) is 5.75 Å². The van der Waals surface area contributed by atoms with Crippen molar-refractivity contribution in [3.8, 4) is 5.75 Å². The van der Waals surface area contributed by atoms with Crippen LogP contribution in [0.1, 0.15) is 43.3 Å². The largest absolute Gasteiger partial charge is 0.484 e. The minimum absolute atomic E-state index is 0.000863. The Morgan fingerprint density at radius 2 is 1.83 bits per heavy atom. The Morgan fingerprint density at radius 1 is 1.10 bits per heavy atom. The molecule has 0 aliphatic carbocycles. The molecule has 0 spiro atoms. The van der Waals surface area contributed by atoms with Gasteiger partial charge in [-0.3, -0.25) is 4.79 Å². The molecule has 1 aromatic heterocycles. The minimum atomic E-state index is 0.000863. The lowest BCUT2D eigenvalue weighted by atomic mass is 10.0. The molecule has 6 nitrogen and oxygen atoms in total. The molecule has 1 aliphatic heterocycles. The van der Waals surface area contributed by atoms with Crippen LogP contribution in [-0.2, 0) is 4.79 Å². The van der Waals surface area contributed by atoms with Gasteiger partial charge in [0.25, 0.3) is 5.91 Å². The maximum atomic E-state index is 12.6. The Labute approximate surface area is 177 Å². The number of carbonyl (C=O) groups is 1. The SMILES string of the molecule is Cc1nc(C)c(C(C)C)c(N2CCCN(C(=O)COc3ccc(Cl)cc3)CC2)n1. The molecule has 29 heavy (non-hydrogen) atoms. The molecule has 3 rings (SSSR count). The molecular formula is C22H29ClN4O2. The molecule has 156 valence electrons. The predicted molar refractivity (Wildman–Crippen MR) is 116 cm³/mol. The Bertz CT molecular complexity index is 855. The number of benzene rings is 1. The van der Waals surface area contributed by atoms with Crippen molar-refractivity contribution in [1.29, 1.82) is 0 Å². The molecule has 1 aromatic carbocycles. The summed E-state index contributed by atoms with van der Waals surface area (Å²) in [5.74, 6) is 2.79. The average molecular weight is 417 g/mol. The quantitative estimate of drug-likeness (QED) is 0.737. The third-order valence-electron chi connectivity index (χ3n) is 5.13. The molecule has 1 aliphatic rings. The molecular weight excluding hydrogens is 388 g/mol. The zero-order valence-corrected chi connectivity index (χ0v) is 18.4. The van der Waals surface area contributed by atoms with E-state index in [0.29, 0.717) is 23.2 Å². The van der Waals surface area contributed by atoms with E-state index < -0.39 is 0 Å². The number of nitrogens with zero attached hydrogens (tertiary/aromatic N) is 4. The zero-order chi connectivity index (χ0) is 21.0. The van der Waals surface area contributed by atoms with E-state index in [1.54, 1.807) is 24.3 Å². The van der Waals surface area contributed by atoms with Gasteiger partial charge in [-0.05, 0) is 50.5 Å². The topological polar surface area (TPSA) is 58.6 Å². The number of carbonyl (C=O) groups excluding carboxylic acids is 1. The van der Waals surface area contributed by atoms with Crippen molar-refractivity contribution in [3.05, 3.63) is 46.4 Å². The molecule has 0 radical (unpaired) electrons. The van der Waals surface area contributed by atoms with Crippen molar-refractivity contribution < 1.29 is 9.53 Å². The lowest BCUT2D eigenvalue weighted by Gasteiger charge is -2.27. The van der Waals surface area contributed by atoms with Crippen molar-refractivity contribution >= 4 is 23.3 Å². The number of aromatic nitrogens is 2. The monoisotopic (exact) mass is 416 g/mol. The number of halogens is 1. The molecule has 1 amide bonds. The summed E-state index contributed by atoms with van der Waals surface area (Å²) >= 11 is 5.88. The number of hydrogen-bond donors (Lipinski definition) is 0. The van der Waals surface area contributed by atoms with E-state index in [4.69, 9.17) is 21.3 Å². The second-order valence-corrected chi connectivity index (χ2v) is 8.15. The van der Waals surface area contributed by atoms with Crippen molar-refractivity contribution in [1.82, 2.24) is 14.9 Å². The van der Waals surface area contributed by atoms with E-state index in [9.17, 15) is 4.79 Å². The number of rotatable bonds is 5. The van der Waals surface area contributed by atoms with Crippen molar-refractivity contribution in [2.45, 2.75) is 40.0 Å². The summed E-state index contributed by atoms with van der Waals surface area (Å²) in [6, 6.07) is 7.05. The first-order valence-corrected chi connectivity index (χ1v) is 10.5. The van der Waals surface area contributed by atoms with Gasteiger partial charge in [-0.15, -0.1) is 0 Å². The molecule has 0 unspecified atom stereocenters. The normalized spacial score (nSPS) is 14.8. The van der Waals surface area contributed by atoms with Gasteiger partial charge in [-0.1, -0.05) is 25.4 Å². The van der Waals surface area contributed by atoms with Crippen molar-refractivity contribution in [2.75, 3.05) is 37.7 Å². The maximum Gasteiger partial charge on any atom is 0.260 e. The minimum Gasteiger partial charge on any atom is -0.484 e. The number of amides is 1. The van der Waals surface area contributed by atoms with Crippen LogP contribution in [0.4, 0.5) is 5.82 Å². The van der Waals surface area contributed by atoms with Crippen LogP contribution in [0.2, 0.25) is 5.02 Å². The predicted octanol–water partition coefficient (Wildman–Crippen LogP) is 3.99. The fraction of sp³-hybridized carbons (Fsp3) is 0.500. The molecule has 2 aromatic rings. The van der Waals surface area contributed by atoms with E-state index >= 15 is 0 Å². The van der Waals surface area contributed by atoms with E-state index in [1.807, 2.05) is 11.8 Å². The summed E-state index contributed by atoms with van der Waals surface area (Å²) in [4.78, 5) is 26.1. The second kappa shape index (κ2) is 9.44. The van der Waals surface area contributed by atoms with E-state index in [0.717, 1.165) is 43.4 Å².